The van der Waals surface area contributed by atoms with Crippen molar-refractivity contribution in [3.63, 3.8) is 0 Å². The zero-order chi connectivity index (χ0) is 19.7. The van der Waals surface area contributed by atoms with Crippen LogP contribution in [-0.2, 0) is 9.59 Å². The number of rotatable bonds is 3. The number of carbonyl (C=O) groups excluding carboxylic acids is 2. The maximum atomic E-state index is 14.0. The van der Waals surface area contributed by atoms with Crippen LogP contribution in [0.3, 0.4) is 0 Å². The normalized spacial score (nSPS) is 20.0. The highest BCUT2D eigenvalue weighted by molar-refractivity contribution is 9.10. The summed E-state index contributed by atoms with van der Waals surface area (Å²) in [6.07, 6.45) is 0.526. The van der Waals surface area contributed by atoms with Crippen LogP contribution < -0.4 is 9.80 Å². The number of carbonyl (C=O) groups is 2. The fourth-order valence-corrected chi connectivity index (χ4v) is 4.29. The molecule has 0 bridgehead atoms. The molecule has 2 aromatic rings. The summed E-state index contributed by atoms with van der Waals surface area (Å²) in [6.45, 7) is 2.65. The Balaban J connectivity index is 1.39. The lowest BCUT2D eigenvalue weighted by Gasteiger charge is -2.37. The highest BCUT2D eigenvalue weighted by atomic mass is 79.9. The van der Waals surface area contributed by atoms with Gasteiger partial charge in [-0.05, 0) is 36.8 Å². The number of hydrogen-bond donors (Lipinski definition) is 0. The second-order valence-corrected chi connectivity index (χ2v) is 7.99. The molecule has 0 spiro atoms. The van der Waals surface area contributed by atoms with Gasteiger partial charge >= 0.3 is 0 Å². The molecule has 0 radical (unpaired) electrons. The summed E-state index contributed by atoms with van der Waals surface area (Å²) in [7, 11) is 0. The molecule has 2 aromatic carbocycles. The standard InChI is InChI=1S/C21H21BrFN3O2/c22-15-4-3-5-16(14-15)26-9-8-17(21(26)28)20(27)25-12-10-24(11-13-25)19-7-2-1-6-18(19)23/h1-7,14,17H,8-13H2. The Morgan fingerprint density at radius 3 is 2.46 bits per heavy atom. The fraction of sp³-hybridized carbons (Fsp3) is 0.333. The van der Waals surface area contributed by atoms with E-state index in [1.807, 2.05) is 35.2 Å². The summed E-state index contributed by atoms with van der Waals surface area (Å²) in [6, 6.07) is 14.2. The molecule has 4 rings (SSSR count). The van der Waals surface area contributed by atoms with E-state index < -0.39 is 5.92 Å². The van der Waals surface area contributed by atoms with Crippen LogP contribution in [0.25, 0.3) is 0 Å². The molecule has 1 atom stereocenters. The lowest BCUT2D eigenvalue weighted by Crippen LogP contribution is -2.51. The molecule has 7 heteroatoms. The van der Waals surface area contributed by atoms with Crippen LogP contribution in [-0.4, -0.2) is 49.4 Å². The monoisotopic (exact) mass is 445 g/mol. The van der Waals surface area contributed by atoms with E-state index in [2.05, 4.69) is 15.9 Å². The minimum atomic E-state index is -0.626. The van der Waals surface area contributed by atoms with Crippen LogP contribution >= 0.6 is 15.9 Å². The van der Waals surface area contributed by atoms with Crippen molar-refractivity contribution >= 4 is 39.1 Å². The molecule has 28 heavy (non-hydrogen) atoms. The average Bonchev–Trinajstić information content (AvgIpc) is 3.09. The van der Waals surface area contributed by atoms with Gasteiger partial charge in [0.25, 0.3) is 0 Å². The first-order valence-corrected chi connectivity index (χ1v) is 10.2. The molecule has 2 aliphatic rings. The molecule has 0 aromatic heterocycles. The summed E-state index contributed by atoms with van der Waals surface area (Å²) in [5.74, 6) is -1.13. The van der Waals surface area contributed by atoms with Gasteiger partial charge in [-0.3, -0.25) is 9.59 Å². The number of amides is 2. The zero-order valence-electron chi connectivity index (χ0n) is 15.4. The van der Waals surface area contributed by atoms with Crippen molar-refractivity contribution in [1.29, 1.82) is 0 Å². The Hall–Kier alpha value is -2.41. The quantitative estimate of drug-likeness (QED) is 0.680. The number of hydrogen-bond acceptors (Lipinski definition) is 3. The molecule has 146 valence electrons. The van der Waals surface area contributed by atoms with Crippen molar-refractivity contribution in [2.75, 3.05) is 42.5 Å². The number of nitrogens with zero attached hydrogens (tertiary/aromatic N) is 3. The Morgan fingerprint density at radius 2 is 1.75 bits per heavy atom. The maximum Gasteiger partial charge on any atom is 0.239 e. The van der Waals surface area contributed by atoms with Crippen molar-refractivity contribution in [3.8, 4) is 0 Å². The van der Waals surface area contributed by atoms with Gasteiger partial charge in [-0.1, -0.05) is 34.1 Å². The SMILES string of the molecule is O=C(C1CCN(c2cccc(Br)c2)C1=O)N1CCN(c2ccccc2F)CC1. The third-order valence-electron chi connectivity index (χ3n) is 5.41. The Bertz CT molecular complexity index is 899. The van der Waals surface area contributed by atoms with E-state index in [-0.39, 0.29) is 17.6 Å². The summed E-state index contributed by atoms with van der Waals surface area (Å²) >= 11 is 3.42. The second kappa shape index (κ2) is 7.91. The number of halogens is 2. The van der Waals surface area contributed by atoms with Crippen molar-refractivity contribution in [2.45, 2.75) is 6.42 Å². The minimum Gasteiger partial charge on any atom is -0.366 e. The van der Waals surface area contributed by atoms with E-state index in [9.17, 15) is 14.0 Å². The molecular formula is C21H21BrFN3O2. The van der Waals surface area contributed by atoms with E-state index in [1.54, 1.807) is 21.9 Å². The highest BCUT2D eigenvalue weighted by Crippen LogP contribution is 2.29. The third-order valence-corrected chi connectivity index (χ3v) is 5.90. The van der Waals surface area contributed by atoms with Crippen LogP contribution in [0.4, 0.5) is 15.8 Å². The van der Waals surface area contributed by atoms with E-state index in [1.165, 1.54) is 6.07 Å². The van der Waals surface area contributed by atoms with E-state index in [0.717, 1.165) is 10.2 Å². The van der Waals surface area contributed by atoms with Crippen molar-refractivity contribution in [3.05, 3.63) is 58.8 Å². The molecule has 2 heterocycles. The molecule has 1 unspecified atom stereocenters. The van der Waals surface area contributed by atoms with Crippen LogP contribution in [0.15, 0.2) is 53.0 Å². The van der Waals surface area contributed by atoms with Crippen LogP contribution in [0.5, 0.6) is 0 Å². The van der Waals surface area contributed by atoms with Crippen LogP contribution in [0.1, 0.15) is 6.42 Å². The van der Waals surface area contributed by atoms with Gasteiger partial charge in [0.15, 0.2) is 0 Å². The van der Waals surface area contributed by atoms with Gasteiger partial charge < -0.3 is 14.7 Å². The molecule has 2 amide bonds. The van der Waals surface area contributed by atoms with Gasteiger partial charge in [-0.2, -0.15) is 0 Å². The summed E-state index contributed by atoms with van der Waals surface area (Å²) in [4.78, 5) is 31.1. The Morgan fingerprint density at radius 1 is 1.00 bits per heavy atom. The molecule has 2 aliphatic heterocycles. The predicted molar refractivity (Wildman–Crippen MR) is 110 cm³/mol. The minimum absolute atomic E-state index is 0.115. The molecule has 5 nitrogen and oxygen atoms in total. The van der Waals surface area contributed by atoms with Gasteiger partial charge in [0.1, 0.15) is 11.7 Å². The van der Waals surface area contributed by atoms with E-state index in [4.69, 9.17) is 0 Å². The van der Waals surface area contributed by atoms with Crippen LogP contribution in [0.2, 0.25) is 0 Å². The van der Waals surface area contributed by atoms with Crippen molar-refractivity contribution < 1.29 is 14.0 Å². The third kappa shape index (κ3) is 3.63. The zero-order valence-corrected chi connectivity index (χ0v) is 16.9. The first-order chi connectivity index (χ1) is 13.5. The molecule has 2 fully saturated rings. The number of para-hydroxylation sites is 1. The highest BCUT2D eigenvalue weighted by Gasteiger charge is 2.40. The molecule has 0 saturated carbocycles. The van der Waals surface area contributed by atoms with Gasteiger partial charge in [0.2, 0.25) is 11.8 Å². The number of benzene rings is 2. The smallest absolute Gasteiger partial charge is 0.239 e. The van der Waals surface area contributed by atoms with Crippen LogP contribution in [0, 0.1) is 11.7 Å². The van der Waals surface area contributed by atoms with Gasteiger partial charge in [0, 0.05) is 42.9 Å². The van der Waals surface area contributed by atoms with Gasteiger partial charge in [0.05, 0.1) is 5.69 Å². The first-order valence-electron chi connectivity index (χ1n) is 9.40. The topological polar surface area (TPSA) is 43.9 Å². The first kappa shape index (κ1) is 18.9. The molecule has 0 aliphatic carbocycles. The lowest BCUT2D eigenvalue weighted by atomic mass is 10.1. The molecular weight excluding hydrogens is 425 g/mol. The largest absolute Gasteiger partial charge is 0.366 e. The number of piperazine rings is 1. The van der Waals surface area contributed by atoms with Crippen molar-refractivity contribution in [1.82, 2.24) is 4.90 Å². The molecule has 0 N–H and O–H groups in total. The fourth-order valence-electron chi connectivity index (χ4n) is 3.91. The maximum absolute atomic E-state index is 14.0. The van der Waals surface area contributed by atoms with E-state index in [0.29, 0.717) is 44.8 Å². The van der Waals surface area contributed by atoms with Gasteiger partial charge in [-0.25, -0.2) is 4.39 Å². The van der Waals surface area contributed by atoms with E-state index >= 15 is 0 Å². The summed E-state index contributed by atoms with van der Waals surface area (Å²) in [5.41, 5.74) is 1.37. The van der Waals surface area contributed by atoms with Crippen molar-refractivity contribution in [2.24, 2.45) is 5.92 Å². The lowest BCUT2D eigenvalue weighted by molar-refractivity contribution is -0.140. The molecule has 2 saturated heterocycles. The Labute approximate surface area is 171 Å². The second-order valence-electron chi connectivity index (χ2n) is 7.07. The van der Waals surface area contributed by atoms with Gasteiger partial charge in [-0.15, -0.1) is 0 Å². The summed E-state index contributed by atoms with van der Waals surface area (Å²) in [5, 5.41) is 0. The Kier molecular flexibility index (Phi) is 5.35. The number of anilines is 2. The average molecular weight is 446 g/mol. The summed E-state index contributed by atoms with van der Waals surface area (Å²) < 4.78 is 14.9. The predicted octanol–water partition coefficient (Wildman–Crippen LogP) is 3.29.